The Balaban J connectivity index is 1.07. The van der Waals surface area contributed by atoms with Crippen LogP contribution in [0.1, 0.15) is 0 Å². The lowest BCUT2D eigenvalue weighted by Crippen LogP contribution is -2.06. The van der Waals surface area contributed by atoms with Crippen molar-refractivity contribution >= 4 is 76.5 Å². The lowest BCUT2D eigenvalue weighted by Gasteiger charge is -2.11. The van der Waals surface area contributed by atoms with E-state index in [1.165, 1.54) is 0 Å². The number of hydrogen-bond acceptors (Lipinski definition) is 6. The highest BCUT2D eigenvalue weighted by Gasteiger charge is 2.21. The SMILES string of the molecule is c1ccc(-c2nc(-c3ccc4c(c3)oc3ccccc34)nc(-n3c4ccccc4c4c5ccc(-c6cccc7c6oc6ccccc67)cc5ccc43)n2)nc1. The zero-order chi connectivity index (χ0) is 36.0. The van der Waals surface area contributed by atoms with Gasteiger partial charge in [-0.3, -0.25) is 9.55 Å². The Hall–Kier alpha value is -7.64. The van der Waals surface area contributed by atoms with Crippen LogP contribution in [0.5, 0.6) is 0 Å². The predicted molar refractivity (Wildman–Crippen MR) is 220 cm³/mol. The van der Waals surface area contributed by atoms with Crippen LogP contribution in [0.4, 0.5) is 0 Å². The Morgan fingerprint density at radius 3 is 2.02 bits per heavy atom. The van der Waals surface area contributed by atoms with Gasteiger partial charge >= 0.3 is 0 Å². The molecule has 12 rings (SSSR count). The summed E-state index contributed by atoms with van der Waals surface area (Å²) in [5.74, 6) is 1.53. The first-order valence-electron chi connectivity index (χ1n) is 18.2. The molecule has 0 aliphatic rings. The second-order valence-electron chi connectivity index (χ2n) is 13.8. The fourth-order valence-corrected chi connectivity index (χ4v) is 8.22. The van der Waals surface area contributed by atoms with E-state index in [1.807, 2.05) is 54.6 Å². The van der Waals surface area contributed by atoms with Crippen molar-refractivity contribution in [2.45, 2.75) is 0 Å². The minimum absolute atomic E-state index is 0.487. The van der Waals surface area contributed by atoms with Gasteiger partial charge in [-0.15, -0.1) is 0 Å². The highest BCUT2D eigenvalue weighted by molar-refractivity contribution is 6.22. The number of hydrogen-bond donors (Lipinski definition) is 0. The second kappa shape index (κ2) is 11.4. The quantitative estimate of drug-likeness (QED) is 0.181. The Labute approximate surface area is 312 Å². The molecular weight excluding hydrogens is 679 g/mol. The molecule has 0 saturated heterocycles. The van der Waals surface area contributed by atoms with Crippen LogP contribution < -0.4 is 0 Å². The Bertz CT molecular complexity index is 3510. The number of furan rings is 2. The molecule has 5 aromatic heterocycles. The van der Waals surface area contributed by atoms with Crippen LogP contribution in [0.15, 0.2) is 173 Å². The minimum Gasteiger partial charge on any atom is -0.456 e. The molecule has 0 amide bonds. The van der Waals surface area contributed by atoms with Crippen LogP contribution in [0.3, 0.4) is 0 Å². The molecule has 0 bridgehead atoms. The molecular formula is C48H27N5O2. The number of para-hydroxylation sites is 4. The average Bonchev–Trinajstić information content (AvgIpc) is 3.93. The number of aromatic nitrogens is 5. The van der Waals surface area contributed by atoms with Gasteiger partial charge in [0.15, 0.2) is 11.6 Å². The molecule has 0 spiro atoms. The third-order valence-electron chi connectivity index (χ3n) is 10.7. The van der Waals surface area contributed by atoms with E-state index in [1.54, 1.807) is 6.20 Å². The van der Waals surface area contributed by atoms with E-state index < -0.39 is 0 Å². The molecule has 0 saturated carbocycles. The smallest absolute Gasteiger partial charge is 0.238 e. The summed E-state index contributed by atoms with van der Waals surface area (Å²) in [6.45, 7) is 0. The highest BCUT2D eigenvalue weighted by atomic mass is 16.3. The van der Waals surface area contributed by atoms with E-state index in [-0.39, 0.29) is 0 Å². The topological polar surface area (TPSA) is 82.8 Å². The average molecular weight is 706 g/mol. The first-order chi connectivity index (χ1) is 27.2. The molecule has 0 N–H and O–H groups in total. The van der Waals surface area contributed by atoms with Gasteiger partial charge in [0.05, 0.1) is 11.0 Å². The summed E-state index contributed by atoms with van der Waals surface area (Å²) in [6, 6.07) is 54.1. The molecule has 7 aromatic carbocycles. The molecule has 0 aliphatic heterocycles. The third-order valence-corrected chi connectivity index (χ3v) is 10.7. The lowest BCUT2D eigenvalue weighted by atomic mass is 9.97. The second-order valence-corrected chi connectivity index (χ2v) is 13.8. The predicted octanol–water partition coefficient (Wildman–Crippen LogP) is 12.3. The number of pyridine rings is 1. The van der Waals surface area contributed by atoms with Gasteiger partial charge in [0.25, 0.3) is 0 Å². The summed E-state index contributed by atoms with van der Waals surface area (Å²) in [5.41, 5.74) is 9.06. The molecule has 0 radical (unpaired) electrons. The van der Waals surface area contributed by atoms with E-state index in [0.717, 1.165) is 93.1 Å². The maximum Gasteiger partial charge on any atom is 0.238 e. The van der Waals surface area contributed by atoms with E-state index in [9.17, 15) is 0 Å². The van der Waals surface area contributed by atoms with Crippen molar-refractivity contribution in [1.82, 2.24) is 24.5 Å². The van der Waals surface area contributed by atoms with Gasteiger partial charge in [0.1, 0.15) is 28.0 Å². The fourth-order valence-electron chi connectivity index (χ4n) is 8.22. The van der Waals surface area contributed by atoms with Gasteiger partial charge in [-0.2, -0.15) is 9.97 Å². The summed E-state index contributed by atoms with van der Waals surface area (Å²) in [6.07, 6.45) is 1.76. The third kappa shape index (κ3) is 4.50. The van der Waals surface area contributed by atoms with Gasteiger partial charge in [-0.1, -0.05) is 103 Å². The monoisotopic (exact) mass is 705 g/mol. The number of fused-ring (bicyclic) bond motifs is 11. The maximum absolute atomic E-state index is 6.42. The van der Waals surface area contributed by atoms with Crippen molar-refractivity contribution in [3.05, 3.63) is 164 Å². The fraction of sp³-hybridized carbons (Fsp3) is 0. The van der Waals surface area contributed by atoms with Crippen LogP contribution in [-0.4, -0.2) is 24.5 Å². The van der Waals surface area contributed by atoms with Gasteiger partial charge in [0, 0.05) is 49.6 Å². The molecule has 0 aliphatic carbocycles. The van der Waals surface area contributed by atoms with Crippen molar-refractivity contribution < 1.29 is 8.83 Å². The molecule has 5 heterocycles. The van der Waals surface area contributed by atoms with Gasteiger partial charge < -0.3 is 8.83 Å². The van der Waals surface area contributed by atoms with E-state index in [4.69, 9.17) is 23.8 Å². The first kappa shape index (κ1) is 29.9. The Kier molecular flexibility index (Phi) is 6.21. The summed E-state index contributed by atoms with van der Waals surface area (Å²) in [5, 5.41) is 8.87. The minimum atomic E-state index is 0.487. The Morgan fingerprint density at radius 1 is 0.436 bits per heavy atom. The summed E-state index contributed by atoms with van der Waals surface area (Å²) >= 11 is 0. The molecule has 0 atom stereocenters. The molecule has 12 aromatic rings. The van der Waals surface area contributed by atoms with Crippen LogP contribution in [0.2, 0.25) is 0 Å². The van der Waals surface area contributed by atoms with Gasteiger partial charge in [-0.25, -0.2) is 4.98 Å². The summed E-state index contributed by atoms with van der Waals surface area (Å²) in [4.78, 5) is 19.9. The summed E-state index contributed by atoms with van der Waals surface area (Å²) < 4.78 is 14.8. The van der Waals surface area contributed by atoms with Crippen LogP contribution in [-0.2, 0) is 0 Å². The van der Waals surface area contributed by atoms with Crippen LogP contribution in [0.25, 0.3) is 116 Å². The molecule has 0 unspecified atom stereocenters. The molecule has 7 heteroatoms. The maximum atomic E-state index is 6.42. The van der Waals surface area contributed by atoms with Crippen molar-refractivity contribution in [3.8, 4) is 40.0 Å². The number of rotatable bonds is 4. The normalized spacial score (nSPS) is 12.0. The molecule has 7 nitrogen and oxygen atoms in total. The Morgan fingerprint density at radius 2 is 1.15 bits per heavy atom. The summed E-state index contributed by atoms with van der Waals surface area (Å²) in [7, 11) is 0. The van der Waals surface area contributed by atoms with Crippen molar-refractivity contribution in [2.24, 2.45) is 0 Å². The van der Waals surface area contributed by atoms with Crippen molar-refractivity contribution in [1.29, 1.82) is 0 Å². The van der Waals surface area contributed by atoms with Gasteiger partial charge in [-0.05, 0) is 70.9 Å². The molecule has 0 fully saturated rings. The largest absolute Gasteiger partial charge is 0.456 e. The van der Waals surface area contributed by atoms with E-state index in [2.05, 4.69) is 113 Å². The van der Waals surface area contributed by atoms with Crippen molar-refractivity contribution in [3.63, 3.8) is 0 Å². The standard InChI is InChI=1S/C48H27N5O2/c1-4-16-39-37(12-1)44-31-22-19-29(32-13-9-14-36-34-11-3-6-18-42(34)55-45(32)36)26-28(31)21-24-40(44)53(39)48-51-46(50-47(52-48)38-15-7-8-25-49-38)30-20-23-35-33-10-2-5-17-41(33)54-43(35)27-30/h1-27H. The number of benzene rings is 7. The van der Waals surface area contributed by atoms with Crippen LogP contribution >= 0.6 is 0 Å². The zero-order valence-corrected chi connectivity index (χ0v) is 29.1. The van der Waals surface area contributed by atoms with Crippen molar-refractivity contribution in [2.75, 3.05) is 0 Å². The van der Waals surface area contributed by atoms with E-state index in [0.29, 0.717) is 23.3 Å². The highest BCUT2D eigenvalue weighted by Crippen LogP contribution is 2.41. The lowest BCUT2D eigenvalue weighted by molar-refractivity contribution is 0.669. The molecule has 55 heavy (non-hydrogen) atoms. The molecule has 256 valence electrons. The first-order valence-corrected chi connectivity index (χ1v) is 18.2. The van der Waals surface area contributed by atoms with Crippen LogP contribution in [0, 0.1) is 0 Å². The van der Waals surface area contributed by atoms with Gasteiger partial charge in [0.2, 0.25) is 5.95 Å². The van der Waals surface area contributed by atoms with E-state index >= 15 is 0 Å². The number of nitrogens with zero attached hydrogens (tertiary/aromatic N) is 5. The zero-order valence-electron chi connectivity index (χ0n) is 29.1.